The van der Waals surface area contributed by atoms with Crippen molar-refractivity contribution in [3.05, 3.63) is 85.1 Å². The molecular weight excluding hydrogens is 378 g/mol. The topological polar surface area (TPSA) is 66.5 Å². The van der Waals surface area contributed by atoms with Gasteiger partial charge in [-0.15, -0.1) is 0 Å². The zero-order chi connectivity index (χ0) is 19.9. The van der Waals surface area contributed by atoms with Crippen molar-refractivity contribution in [2.45, 2.75) is 6.54 Å². The number of fused-ring (bicyclic) bond motifs is 2. The number of hydrogen-bond donors (Lipinski definition) is 0. The van der Waals surface area contributed by atoms with E-state index in [0.717, 1.165) is 46.2 Å². The summed E-state index contributed by atoms with van der Waals surface area (Å²) in [5.74, 6) is 1.51. The minimum Gasteiger partial charge on any atom is -0.454 e. The highest BCUT2D eigenvalue weighted by molar-refractivity contribution is 5.68. The standard InChI is InChI=1S/C23H17N5O2/c1-2-4-16(5-3-1)12-27-13-18(9-26-27)19-14-28-20(10-25-23(28)11-24-19)17-6-7-21-22(8-17)30-15-29-21/h1-11,13-14H,12,15H2. The molecule has 0 aliphatic carbocycles. The van der Waals surface area contributed by atoms with Crippen molar-refractivity contribution in [2.24, 2.45) is 0 Å². The first-order valence-corrected chi connectivity index (χ1v) is 9.63. The normalized spacial score (nSPS) is 12.5. The van der Waals surface area contributed by atoms with E-state index < -0.39 is 0 Å². The highest BCUT2D eigenvalue weighted by Gasteiger charge is 2.16. The van der Waals surface area contributed by atoms with Gasteiger partial charge >= 0.3 is 0 Å². The molecule has 0 bridgehead atoms. The molecule has 6 rings (SSSR count). The van der Waals surface area contributed by atoms with Gasteiger partial charge in [-0.1, -0.05) is 30.3 Å². The molecule has 146 valence electrons. The van der Waals surface area contributed by atoms with Crippen molar-refractivity contribution in [3.63, 3.8) is 0 Å². The molecule has 1 aliphatic rings. The summed E-state index contributed by atoms with van der Waals surface area (Å²) in [6.45, 7) is 0.976. The average Bonchev–Trinajstić information content (AvgIpc) is 3.53. The lowest BCUT2D eigenvalue weighted by Crippen LogP contribution is -1.99. The quantitative estimate of drug-likeness (QED) is 0.460. The lowest BCUT2D eigenvalue weighted by molar-refractivity contribution is 0.174. The van der Waals surface area contributed by atoms with Crippen LogP contribution < -0.4 is 9.47 Å². The zero-order valence-electron chi connectivity index (χ0n) is 16.0. The van der Waals surface area contributed by atoms with Gasteiger partial charge in [0.25, 0.3) is 0 Å². The van der Waals surface area contributed by atoms with Crippen molar-refractivity contribution in [1.29, 1.82) is 0 Å². The van der Waals surface area contributed by atoms with Crippen molar-refractivity contribution < 1.29 is 9.47 Å². The van der Waals surface area contributed by atoms with Gasteiger partial charge in [0.1, 0.15) is 0 Å². The maximum atomic E-state index is 5.52. The van der Waals surface area contributed by atoms with Gasteiger partial charge in [0.2, 0.25) is 6.79 Å². The molecule has 7 heteroatoms. The van der Waals surface area contributed by atoms with Crippen molar-refractivity contribution >= 4 is 5.65 Å². The predicted octanol–water partition coefficient (Wildman–Crippen LogP) is 4.04. The monoisotopic (exact) mass is 395 g/mol. The van der Waals surface area contributed by atoms with Crippen molar-refractivity contribution in [3.8, 4) is 34.0 Å². The number of imidazole rings is 1. The van der Waals surface area contributed by atoms with E-state index >= 15 is 0 Å². The summed E-state index contributed by atoms with van der Waals surface area (Å²) in [5.41, 5.74) is 5.74. The predicted molar refractivity (Wildman–Crippen MR) is 111 cm³/mol. The molecule has 0 amide bonds. The van der Waals surface area contributed by atoms with Crippen LogP contribution in [0.3, 0.4) is 0 Å². The largest absolute Gasteiger partial charge is 0.454 e. The molecular formula is C23H17N5O2. The van der Waals surface area contributed by atoms with E-state index in [2.05, 4.69) is 27.2 Å². The van der Waals surface area contributed by atoms with Crippen LogP contribution in [-0.2, 0) is 6.54 Å². The van der Waals surface area contributed by atoms with Gasteiger partial charge in [-0.3, -0.25) is 14.1 Å². The maximum Gasteiger partial charge on any atom is 0.231 e. The molecule has 3 aromatic heterocycles. The zero-order valence-corrected chi connectivity index (χ0v) is 16.0. The molecule has 30 heavy (non-hydrogen) atoms. The van der Waals surface area contributed by atoms with Crippen molar-refractivity contribution in [1.82, 2.24) is 24.1 Å². The SMILES string of the molecule is c1ccc(Cn2cc(-c3cn4c(-c5ccc6c(c5)OCO6)cnc4cn3)cn2)cc1. The van der Waals surface area contributed by atoms with E-state index in [1.165, 1.54) is 5.56 Å². The average molecular weight is 395 g/mol. The smallest absolute Gasteiger partial charge is 0.231 e. The first kappa shape index (κ1) is 16.8. The Labute approximate surface area is 172 Å². The van der Waals surface area contributed by atoms with Crippen LogP contribution in [0.4, 0.5) is 0 Å². The molecule has 7 nitrogen and oxygen atoms in total. The first-order valence-electron chi connectivity index (χ1n) is 9.63. The van der Waals surface area contributed by atoms with E-state index in [1.807, 2.05) is 70.3 Å². The van der Waals surface area contributed by atoms with Crippen LogP contribution in [0.15, 0.2) is 79.5 Å². The molecule has 2 aromatic carbocycles. The summed E-state index contributed by atoms with van der Waals surface area (Å²) in [5, 5.41) is 4.50. The Morgan fingerprint density at radius 1 is 0.833 bits per heavy atom. The third-order valence-electron chi connectivity index (χ3n) is 5.18. The van der Waals surface area contributed by atoms with E-state index in [0.29, 0.717) is 0 Å². The summed E-state index contributed by atoms with van der Waals surface area (Å²) in [4.78, 5) is 9.07. The molecule has 0 atom stereocenters. The summed E-state index contributed by atoms with van der Waals surface area (Å²) >= 11 is 0. The van der Waals surface area contributed by atoms with E-state index in [9.17, 15) is 0 Å². The van der Waals surface area contributed by atoms with E-state index in [4.69, 9.17) is 9.47 Å². The van der Waals surface area contributed by atoms with Crippen LogP contribution in [0.2, 0.25) is 0 Å². The molecule has 0 N–H and O–H groups in total. The lowest BCUT2D eigenvalue weighted by atomic mass is 10.1. The third-order valence-corrected chi connectivity index (χ3v) is 5.18. The fourth-order valence-corrected chi connectivity index (χ4v) is 3.66. The van der Waals surface area contributed by atoms with E-state index in [-0.39, 0.29) is 6.79 Å². The highest BCUT2D eigenvalue weighted by atomic mass is 16.7. The fourth-order valence-electron chi connectivity index (χ4n) is 3.66. The van der Waals surface area contributed by atoms with Gasteiger partial charge in [0.15, 0.2) is 17.1 Å². The molecule has 0 fully saturated rings. The molecule has 1 aliphatic heterocycles. The highest BCUT2D eigenvalue weighted by Crippen LogP contribution is 2.36. The van der Waals surface area contributed by atoms with Gasteiger partial charge < -0.3 is 9.47 Å². The van der Waals surface area contributed by atoms with Crippen LogP contribution in [0.25, 0.3) is 28.2 Å². The molecule has 5 aromatic rings. The second-order valence-electron chi connectivity index (χ2n) is 7.12. The van der Waals surface area contributed by atoms with Gasteiger partial charge in [-0.05, 0) is 23.8 Å². The van der Waals surface area contributed by atoms with Crippen LogP contribution in [0, 0.1) is 0 Å². The van der Waals surface area contributed by atoms with Crippen molar-refractivity contribution in [2.75, 3.05) is 6.79 Å². The minimum absolute atomic E-state index is 0.257. The Bertz CT molecular complexity index is 1360. The Kier molecular flexibility index (Phi) is 3.77. The van der Waals surface area contributed by atoms with Crippen LogP contribution in [-0.4, -0.2) is 30.9 Å². The Hall–Kier alpha value is -4.13. The van der Waals surface area contributed by atoms with Gasteiger partial charge in [0.05, 0.1) is 36.5 Å². The summed E-state index contributed by atoms with van der Waals surface area (Å²) in [7, 11) is 0. The van der Waals surface area contributed by atoms with Crippen LogP contribution >= 0.6 is 0 Å². The third kappa shape index (κ3) is 2.88. The fraction of sp³-hybridized carbons (Fsp3) is 0.0870. The van der Waals surface area contributed by atoms with Crippen LogP contribution in [0.1, 0.15) is 5.56 Å². The number of benzene rings is 2. The number of nitrogens with zero attached hydrogens (tertiary/aromatic N) is 5. The second kappa shape index (κ2) is 6.73. The number of ether oxygens (including phenoxy) is 2. The summed E-state index contributed by atoms with van der Waals surface area (Å²) in [6.07, 6.45) is 9.47. The van der Waals surface area contributed by atoms with Crippen LogP contribution in [0.5, 0.6) is 11.5 Å². The van der Waals surface area contributed by atoms with Gasteiger partial charge in [0, 0.05) is 23.5 Å². The molecule has 0 radical (unpaired) electrons. The summed E-state index contributed by atoms with van der Waals surface area (Å²) in [6, 6.07) is 16.2. The minimum atomic E-state index is 0.257. The molecule has 0 saturated heterocycles. The molecule has 4 heterocycles. The molecule has 0 saturated carbocycles. The Balaban J connectivity index is 1.36. The van der Waals surface area contributed by atoms with E-state index in [1.54, 1.807) is 6.20 Å². The second-order valence-corrected chi connectivity index (χ2v) is 7.12. The molecule has 0 spiro atoms. The maximum absolute atomic E-state index is 5.52. The molecule has 0 unspecified atom stereocenters. The summed E-state index contributed by atoms with van der Waals surface area (Å²) < 4.78 is 14.9. The van der Waals surface area contributed by atoms with Gasteiger partial charge in [-0.25, -0.2) is 4.98 Å². The first-order chi connectivity index (χ1) is 14.8. The lowest BCUT2D eigenvalue weighted by Gasteiger charge is -2.05. The number of aromatic nitrogens is 5. The Morgan fingerprint density at radius 2 is 1.73 bits per heavy atom. The van der Waals surface area contributed by atoms with Gasteiger partial charge in [-0.2, -0.15) is 5.10 Å². The number of rotatable bonds is 4. The Morgan fingerprint density at radius 3 is 2.67 bits per heavy atom. The number of hydrogen-bond acceptors (Lipinski definition) is 5.